The molecule has 0 unspecified atom stereocenters. The summed E-state index contributed by atoms with van der Waals surface area (Å²) in [6.07, 6.45) is 3.63. The van der Waals surface area contributed by atoms with Crippen LogP contribution in [0.15, 0.2) is 10.6 Å². The number of aryl methyl sites for hydroxylation is 1. The predicted molar refractivity (Wildman–Crippen MR) is 66.8 cm³/mol. The SMILES string of the molecule is Cc1cc(C(=O)N(C)C2(C(=O)O)CCCCC2)no1. The molecule has 1 heterocycles. The molecule has 19 heavy (non-hydrogen) atoms. The van der Waals surface area contributed by atoms with Gasteiger partial charge in [0.05, 0.1) is 0 Å². The number of amides is 1. The first-order chi connectivity index (χ1) is 8.97. The van der Waals surface area contributed by atoms with E-state index < -0.39 is 17.4 Å². The van der Waals surface area contributed by atoms with Crippen LogP contribution in [0.4, 0.5) is 0 Å². The van der Waals surface area contributed by atoms with Crippen molar-refractivity contribution in [3.63, 3.8) is 0 Å². The quantitative estimate of drug-likeness (QED) is 0.902. The Morgan fingerprint density at radius 2 is 2.00 bits per heavy atom. The zero-order valence-corrected chi connectivity index (χ0v) is 11.2. The van der Waals surface area contributed by atoms with Crippen LogP contribution >= 0.6 is 0 Å². The molecule has 1 aliphatic rings. The number of likely N-dealkylation sites (N-methyl/N-ethyl adjacent to an activating group) is 1. The second-order valence-corrected chi connectivity index (χ2v) is 5.08. The average molecular weight is 266 g/mol. The van der Waals surface area contributed by atoms with Crippen LogP contribution in [0.2, 0.25) is 0 Å². The molecule has 0 spiro atoms. The molecular formula is C13H18N2O4. The van der Waals surface area contributed by atoms with E-state index in [-0.39, 0.29) is 5.69 Å². The second-order valence-electron chi connectivity index (χ2n) is 5.08. The van der Waals surface area contributed by atoms with Gasteiger partial charge in [-0.3, -0.25) is 4.79 Å². The number of aromatic nitrogens is 1. The van der Waals surface area contributed by atoms with Gasteiger partial charge in [-0.05, 0) is 19.8 Å². The first-order valence-corrected chi connectivity index (χ1v) is 6.42. The van der Waals surface area contributed by atoms with Crippen molar-refractivity contribution in [1.29, 1.82) is 0 Å². The van der Waals surface area contributed by atoms with Crippen molar-refractivity contribution in [2.24, 2.45) is 0 Å². The molecule has 0 radical (unpaired) electrons. The maximum atomic E-state index is 12.3. The highest BCUT2D eigenvalue weighted by Crippen LogP contribution is 2.34. The van der Waals surface area contributed by atoms with Gasteiger partial charge in [0.2, 0.25) is 0 Å². The molecule has 1 amide bonds. The Labute approximate surface area is 111 Å². The molecule has 104 valence electrons. The van der Waals surface area contributed by atoms with Crippen molar-refractivity contribution >= 4 is 11.9 Å². The van der Waals surface area contributed by atoms with Crippen molar-refractivity contribution in [2.45, 2.75) is 44.6 Å². The zero-order valence-electron chi connectivity index (χ0n) is 11.2. The summed E-state index contributed by atoms with van der Waals surface area (Å²) in [6, 6.07) is 1.53. The maximum absolute atomic E-state index is 12.3. The Balaban J connectivity index is 2.27. The summed E-state index contributed by atoms with van der Waals surface area (Å²) in [5.74, 6) is -0.811. The Morgan fingerprint density at radius 1 is 1.37 bits per heavy atom. The lowest BCUT2D eigenvalue weighted by Gasteiger charge is -2.40. The molecule has 2 rings (SSSR count). The highest BCUT2D eigenvalue weighted by molar-refractivity contribution is 5.96. The molecule has 1 saturated carbocycles. The Bertz CT molecular complexity index is 489. The first kappa shape index (κ1) is 13.6. The number of nitrogens with zero attached hydrogens (tertiary/aromatic N) is 2. The molecule has 0 bridgehead atoms. The molecule has 0 aromatic carbocycles. The number of aliphatic carboxylic acids is 1. The lowest BCUT2D eigenvalue weighted by Crippen LogP contribution is -2.56. The molecule has 1 N–H and O–H groups in total. The van der Waals surface area contributed by atoms with Gasteiger partial charge < -0.3 is 14.5 Å². The van der Waals surface area contributed by atoms with E-state index in [1.807, 2.05) is 0 Å². The van der Waals surface area contributed by atoms with E-state index in [9.17, 15) is 14.7 Å². The number of rotatable bonds is 3. The molecule has 6 heteroatoms. The van der Waals surface area contributed by atoms with Crippen molar-refractivity contribution in [1.82, 2.24) is 10.1 Å². The van der Waals surface area contributed by atoms with Gasteiger partial charge in [-0.15, -0.1) is 0 Å². The number of carbonyl (C=O) groups is 2. The minimum atomic E-state index is -1.11. The smallest absolute Gasteiger partial charge is 0.329 e. The van der Waals surface area contributed by atoms with Gasteiger partial charge in [0.1, 0.15) is 11.3 Å². The Kier molecular flexibility index (Phi) is 3.59. The van der Waals surface area contributed by atoms with Gasteiger partial charge in [0.15, 0.2) is 5.69 Å². The first-order valence-electron chi connectivity index (χ1n) is 6.42. The van der Waals surface area contributed by atoms with Gasteiger partial charge in [0.25, 0.3) is 5.91 Å². The standard InChI is InChI=1S/C13H18N2O4/c1-9-8-10(14-19-9)11(16)15(2)13(12(17)18)6-4-3-5-7-13/h8H,3-7H2,1-2H3,(H,17,18). The van der Waals surface area contributed by atoms with Crippen LogP contribution < -0.4 is 0 Å². The van der Waals surface area contributed by atoms with E-state index in [4.69, 9.17) is 4.52 Å². The van der Waals surface area contributed by atoms with Gasteiger partial charge in [-0.2, -0.15) is 0 Å². The highest BCUT2D eigenvalue weighted by Gasteiger charge is 2.46. The number of carbonyl (C=O) groups excluding carboxylic acids is 1. The summed E-state index contributed by atoms with van der Waals surface area (Å²) in [7, 11) is 1.53. The van der Waals surface area contributed by atoms with Gasteiger partial charge in [-0.1, -0.05) is 24.4 Å². The summed E-state index contributed by atoms with van der Waals surface area (Å²) in [5, 5.41) is 13.2. The third-order valence-corrected chi connectivity index (χ3v) is 3.87. The summed E-state index contributed by atoms with van der Waals surface area (Å²) in [4.78, 5) is 25.2. The van der Waals surface area contributed by atoms with E-state index in [0.29, 0.717) is 18.6 Å². The fraction of sp³-hybridized carbons (Fsp3) is 0.615. The Morgan fingerprint density at radius 3 is 2.47 bits per heavy atom. The minimum Gasteiger partial charge on any atom is -0.479 e. The van der Waals surface area contributed by atoms with Crippen LogP contribution in [0.25, 0.3) is 0 Å². The summed E-state index contributed by atoms with van der Waals surface area (Å²) >= 11 is 0. The van der Waals surface area contributed by atoms with Crippen molar-refractivity contribution < 1.29 is 19.2 Å². The van der Waals surface area contributed by atoms with Crippen LogP contribution in [-0.2, 0) is 4.79 Å². The largest absolute Gasteiger partial charge is 0.479 e. The molecule has 1 aromatic rings. The molecular weight excluding hydrogens is 248 g/mol. The Hall–Kier alpha value is -1.85. The van der Waals surface area contributed by atoms with Crippen LogP contribution in [0.3, 0.4) is 0 Å². The van der Waals surface area contributed by atoms with E-state index in [0.717, 1.165) is 19.3 Å². The molecule has 1 aromatic heterocycles. The fourth-order valence-corrected chi connectivity index (χ4v) is 2.66. The number of hydrogen-bond donors (Lipinski definition) is 1. The topological polar surface area (TPSA) is 83.6 Å². The van der Waals surface area contributed by atoms with E-state index >= 15 is 0 Å². The zero-order chi connectivity index (χ0) is 14.0. The summed E-state index contributed by atoms with van der Waals surface area (Å²) in [6.45, 7) is 1.69. The van der Waals surface area contributed by atoms with Crippen molar-refractivity contribution in [3.8, 4) is 0 Å². The summed E-state index contributed by atoms with van der Waals surface area (Å²) < 4.78 is 4.87. The predicted octanol–water partition coefficient (Wildman–Crippen LogP) is 1.84. The van der Waals surface area contributed by atoms with Crippen molar-refractivity contribution in [2.75, 3.05) is 7.05 Å². The average Bonchev–Trinajstić information content (AvgIpc) is 2.84. The maximum Gasteiger partial charge on any atom is 0.329 e. The molecule has 0 saturated heterocycles. The number of carboxylic acids is 1. The van der Waals surface area contributed by atoms with Gasteiger partial charge in [0, 0.05) is 13.1 Å². The second kappa shape index (κ2) is 5.03. The van der Waals surface area contributed by atoms with Crippen LogP contribution in [0.5, 0.6) is 0 Å². The lowest BCUT2D eigenvalue weighted by molar-refractivity contribution is -0.151. The van der Waals surface area contributed by atoms with Crippen LogP contribution in [0, 0.1) is 6.92 Å². The van der Waals surface area contributed by atoms with Crippen LogP contribution in [-0.4, -0.2) is 39.6 Å². The number of carboxylic acid groups (broad SMARTS) is 1. The normalized spacial score (nSPS) is 18.0. The molecule has 1 aliphatic carbocycles. The lowest BCUT2D eigenvalue weighted by atomic mass is 9.80. The van der Waals surface area contributed by atoms with Gasteiger partial charge in [-0.25, -0.2) is 4.79 Å². The van der Waals surface area contributed by atoms with E-state index in [2.05, 4.69) is 5.16 Å². The molecule has 0 atom stereocenters. The molecule has 1 fully saturated rings. The number of hydrogen-bond acceptors (Lipinski definition) is 4. The highest BCUT2D eigenvalue weighted by atomic mass is 16.5. The van der Waals surface area contributed by atoms with Crippen LogP contribution in [0.1, 0.15) is 48.4 Å². The summed E-state index contributed by atoms with van der Waals surface area (Å²) in [5.41, 5.74) is -0.950. The van der Waals surface area contributed by atoms with E-state index in [1.54, 1.807) is 6.92 Å². The van der Waals surface area contributed by atoms with Crippen molar-refractivity contribution in [3.05, 3.63) is 17.5 Å². The minimum absolute atomic E-state index is 0.159. The molecule has 6 nitrogen and oxygen atoms in total. The fourth-order valence-electron chi connectivity index (χ4n) is 2.66. The third kappa shape index (κ3) is 2.34. The third-order valence-electron chi connectivity index (χ3n) is 3.87. The molecule has 0 aliphatic heterocycles. The van der Waals surface area contributed by atoms with Gasteiger partial charge >= 0.3 is 5.97 Å². The van der Waals surface area contributed by atoms with E-state index in [1.165, 1.54) is 18.0 Å². The monoisotopic (exact) mass is 266 g/mol.